The molecule has 1 aromatic heterocycles. The predicted octanol–water partition coefficient (Wildman–Crippen LogP) is 9.40. The highest BCUT2D eigenvalue weighted by atomic mass is 14.7. The van der Waals surface area contributed by atoms with Gasteiger partial charge in [0.1, 0.15) is 0 Å². The summed E-state index contributed by atoms with van der Waals surface area (Å²) in [6, 6.07) is 18.7. The lowest BCUT2D eigenvalue weighted by molar-refractivity contribution is 0.710. The number of allylic oxidation sites excluding steroid dienone is 4. The van der Waals surface area contributed by atoms with E-state index in [0.29, 0.717) is 5.92 Å². The molecule has 0 N–H and O–H groups in total. The summed E-state index contributed by atoms with van der Waals surface area (Å²) in [7, 11) is 0. The van der Waals surface area contributed by atoms with Crippen molar-refractivity contribution in [2.24, 2.45) is 0 Å². The fraction of sp³-hybridized carbons (Fsp3) is 0.306. The van der Waals surface area contributed by atoms with Gasteiger partial charge in [-0.05, 0) is 131 Å². The number of hydrogen-bond acceptors (Lipinski definition) is 1. The SMILES string of the molecule is CCc1cccc(CC)c1-c1cc(C)c2c3c(ccc2c1)C1=C(CCC=C1)C(c1c(C)ccnc1C)C3. The fourth-order valence-corrected chi connectivity index (χ4v) is 7.13. The predicted molar refractivity (Wildman–Crippen MR) is 158 cm³/mol. The molecule has 2 aliphatic rings. The third kappa shape index (κ3) is 3.87. The van der Waals surface area contributed by atoms with Gasteiger partial charge in [0.2, 0.25) is 0 Å². The monoisotopic (exact) mass is 483 g/mol. The zero-order valence-electron chi connectivity index (χ0n) is 22.9. The molecule has 2 aliphatic carbocycles. The Kier molecular flexibility index (Phi) is 6.11. The van der Waals surface area contributed by atoms with E-state index in [0.717, 1.165) is 32.1 Å². The molecule has 37 heavy (non-hydrogen) atoms. The minimum absolute atomic E-state index is 0.401. The molecule has 0 aliphatic heterocycles. The van der Waals surface area contributed by atoms with Crippen LogP contribution in [0.4, 0.5) is 0 Å². The summed E-state index contributed by atoms with van der Waals surface area (Å²) in [6.45, 7) is 11.3. The Morgan fingerprint density at radius 2 is 1.68 bits per heavy atom. The van der Waals surface area contributed by atoms with Crippen LogP contribution in [0.25, 0.3) is 27.5 Å². The van der Waals surface area contributed by atoms with Gasteiger partial charge in [-0.25, -0.2) is 0 Å². The number of hydrogen-bond donors (Lipinski definition) is 0. The molecule has 4 aromatic rings. The molecule has 1 atom stereocenters. The van der Waals surface area contributed by atoms with Crippen molar-refractivity contribution in [3.05, 3.63) is 117 Å². The lowest BCUT2D eigenvalue weighted by Gasteiger charge is -2.34. The molecular formula is C36H37N. The van der Waals surface area contributed by atoms with E-state index in [1.807, 2.05) is 6.20 Å². The molecule has 1 heterocycles. The highest BCUT2D eigenvalue weighted by Crippen LogP contribution is 2.48. The molecule has 0 amide bonds. The van der Waals surface area contributed by atoms with Crippen LogP contribution in [0.5, 0.6) is 0 Å². The fourth-order valence-electron chi connectivity index (χ4n) is 7.13. The Morgan fingerprint density at radius 3 is 2.41 bits per heavy atom. The molecule has 0 spiro atoms. The largest absolute Gasteiger partial charge is 0.261 e. The molecular weight excluding hydrogens is 446 g/mol. The lowest BCUT2D eigenvalue weighted by atomic mass is 9.70. The van der Waals surface area contributed by atoms with Gasteiger partial charge in [-0.3, -0.25) is 4.98 Å². The molecule has 1 unspecified atom stereocenters. The summed E-state index contributed by atoms with van der Waals surface area (Å²) in [5.74, 6) is 0.401. The zero-order chi connectivity index (χ0) is 25.7. The van der Waals surface area contributed by atoms with Gasteiger partial charge in [-0.15, -0.1) is 0 Å². The number of fused-ring (bicyclic) bond motifs is 4. The van der Waals surface area contributed by atoms with Gasteiger partial charge in [-0.2, -0.15) is 0 Å². The first-order valence-corrected chi connectivity index (χ1v) is 14.0. The third-order valence-electron chi connectivity index (χ3n) is 8.80. The topological polar surface area (TPSA) is 12.9 Å². The molecule has 1 heteroatoms. The Hall–Kier alpha value is -3.45. The van der Waals surface area contributed by atoms with Gasteiger partial charge in [0.05, 0.1) is 0 Å². The van der Waals surface area contributed by atoms with Crippen LogP contribution in [0.1, 0.15) is 77.2 Å². The van der Waals surface area contributed by atoms with Crippen molar-refractivity contribution >= 4 is 16.3 Å². The Morgan fingerprint density at radius 1 is 0.892 bits per heavy atom. The Labute approximate surface area is 222 Å². The molecule has 6 rings (SSSR count). The van der Waals surface area contributed by atoms with E-state index in [2.05, 4.69) is 95.3 Å². The zero-order valence-corrected chi connectivity index (χ0v) is 22.9. The maximum atomic E-state index is 4.73. The second-order valence-corrected chi connectivity index (χ2v) is 10.9. The van der Waals surface area contributed by atoms with Crippen LogP contribution in [0, 0.1) is 20.8 Å². The third-order valence-corrected chi connectivity index (χ3v) is 8.80. The van der Waals surface area contributed by atoms with E-state index in [4.69, 9.17) is 4.98 Å². The average molecular weight is 484 g/mol. The number of rotatable bonds is 4. The van der Waals surface area contributed by atoms with Gasteiger partial charge in [-0.1, -0.05) is 68.0 Å². The highest BCUT2D eigenvalue weighted by molar-refractivity contribution is 5.98. The normalized spacial score (nSPS) is 16.7. The van der Waals surface area contributed by atoms with Crippen LogP contribution in [-0.2, 0) is 19.3 Å². The van der Waals surface area contributed by atoms with E-state index in [1.54, 1.807) is 5.57 Å². The minimum atomic E-state index is 0.401. The van der Waals surface area contributed by atoms with Crippen molar-refractivity contribution < 1.29 is 0 Å². The van der Waals surface area contributed by atoms with E-state index in [-0.39, 0.29) is 0 Å². The average Bonchev–Trinajstić information content (AvgIpc) is 2.92. The lowest BCUT2D eigenvalue weighted by Crippen LogP contribution is -2.19. The van der Waals surface area contributed by atoms with E-state index >= 15 is 0 Å². The summed E-state index contributed by atoms with van der Waals surface area (Å²) in [4.78, 5) is 4.73. The molecule has 3 aromatic carbocycles. The summed E-state index contributed by atoms with van der Waals surface area (Å²) in [6.07, 6.45) is 12.2. The van der Waals surface area contributed by atoms with Crippen molar-refractivity contribution in [1.82, 2.24) is 4.98 Å². The molecule has 0 bridgehead atoms. The van der Waals surface area contributed by atoms with Crippen LogP contribution in [0.15, 0.2) is 72.5 Å². The molecule has 0 radical (unpaired) electrons. The molecule has 0 saturated heterocycles. The van der Waals surface area contributed by atoms with Crippen molar-refractivity contribution in [2.75, 3.05) is 0 Å². The van der Waals surface area contributed by atoms with Crippen molar-refractivity contribution in [2.45, 2.75) is 72.6 Å². The van der Waals surface area contributed by atoms with Crippen molar-refractivity contribution in [3.63, 3.8) is 0 Å². The van der Waals surface area contributed by atoms with Crippen LogP contribution >= 0.6 is 0 Å². The van der Waals surface area contributed by atoms with Gasteiger partial charge in [0.15, 0.2) is 0 Å². The van der Waals surface area contributed by atoms with Gasteiger partial charge in [0, 0.05) is 17.8 Å². The maximum absolute atomic E-state index is 4.73. The highest BCUT2D eigenvalue weighted by Gasteiger charge is 2.31. The van der Waals surface area contributed by atoms with Gasteiger partial charge >= 0.3 is 0 Å². The standard InChI is InChI=1S/C36H37N/c1-6-25-11-10-12-26(7-2)36(25)28-19-23(4)35-27(20-28)15-16-31-29-13-8-9-14-30(29)32(21-33(31)35)34-22(3)17-18-37-24(34)5/h8,10-13,15-20,32H,6-7,9,14,21H2,1-5H3. The second kappa shape index (κ2) is 9.45. The van der Waals surface area contributed by atoms with Crippen molar-refractivity contribution in [3.8, 4) is 11.1 Å². The van der Waals surface area contributed by atoms with E-state index < -0.39 is 0 Å². The van der Waals surface area contributed by atoms with Crippen LogP contribution in [0.2, 0.25) is 0 Å². The first kappa shape index (κ1) is 23.9. The smallest absolute Gasteiger partial charge is 0.0413 e. The number of aryl methyl sites for hydroxylation is 5. The maximum Gasteiger partial charge on any atom is 0.0413 e. The van der Waals surface area contributed by atoms with Crippen LogP contribution < -0.4 is 0 Å². The second-order valence-electron chi connectivity index (χ2n) is 10.9. The first-order valence-electron chi connectivity index (χ1n) is 14.0. The summed E-state index contributed by atoms with van der Waals surface area (Å²) in [5.41, 5.74) is 17.1. The first-order chi connectivity index (χ1) is 18.0. The van der Waals surface area contributed by atoms with Crippen LogP contribution in [-0.4, -0.2) is 4.98 Å². The molecule has 0 saturated carbocycles. The number of nitrogens with zero attached hydrogens (tertiary/aromatic N) is 1. The minimum Gasteiger partial charge on any atom is -0.261 e. The quantitative estimate of drug-likeness (QED) is 0.282. The van der Waals surface area contributed by atoms with E-state index in [1.165, 1.54) is 72.1 Å². The molecule has 186 valence electrons. The Bertz CT molecular complexity index is 1550. The number of aromatic nitrogens is 1. The number of benzene rings is 3. The van der Waals surface area contributed by atoms with Gasteiger partial charge in [0.25, 0.3) is 0 Å². The van der Waals surface area contributed by atoms with Crippen LogP contribution in [0.3, 0.4) is 0 Å². The molecule has 1 nitrogen and oxygen atoms in total. The summed E-state index contributed by atoms with van der Waals surface area (Å²) in [5, 5.41) is 2.81. The van der Waals surface area contributed by atoms with Gasteiger partial charge < -0.3 is 0 Å². The molecule has 0 fully saturated rings. The van der Waals surface area contributed by atoms with E-state index in [9.17, 15) is 0 Å². The van der Waals surface area contributed by atoms with Crippen molar-refractivity contribution in [1.29, 1.82) is 0 Å². The Balaban J connectivity index is 1.58. The number of pyridine rings is 1. The summed E-state index contributed by atoms with van der Waals surface area (Å²) >= 11 is 0. The summed E-state index contributed by atoms with van der Waals surface area (Å²) < 4.78 is 0.